The molecule has 1 amide bonds. The molecule has 0 bridgehead atoms. The molecule has 1 saturated carbocycles. The third-order valence-electron chi connectivity index (χ3n) is 0.985. The Balaban J connectivity index is 0.000000291. The minimum absolute atomic E-state index is 0.0995. The van der Waals surface area contributed by atoms with Crippen molar-refractivity contribution in [1.29, 1.82) is 0 Å². The van der Waals surface area contributed by atoms with Gasteiger partial charge in [0.2, 0.25) is 5.91 Å². The first-order valence-electron chi connectivity index (χ1n) is 3.56. The summed E-state index contributed by atoms with van der Waals surface area (Å²) < 4.78 is 0. The van der Waals surface area contributed by atoms with Gasteiger partial charge >= 0.3 is 0 Å². The largest absolute Gasteiger partial charge is 0.354 e. The minimum Gasteiger partial charge on any atom is -0.354 e. The predicted octanol–water partition coefficient (Wildman–Crippen LogP) is 1.31. The van der Waals surface area contributed by atoms with Crippen molar-refractivity contribution in [3.63, 3.8) is 0 Å². The van der Waals surface area contributed by atoms with Crippen LogP contribution in [0.1, 0.15) is 33.6 Å². The smallest absolute Gasteiger partial charge is 0.217 e. The fourth-order valence-corrected chi connectivity index (χ4v) is 0.515. The average molecular weight is 129 g/mol. The van der Waals surface area contributed by atoms with Gasteiger partial charge in [0, 0.05) is 13.0 Å². The van der Waals surface area contributed by atoms with Crippen molar-refractivity contribution in [2.45, 2.75) is 39.7 Å². The quantitative estimate of drug-likeness (QED) is 0.568. The van der Waals surface area contributed by atoms with Crippen LogP contribution in [0.25, 0.3) is 0 Å². The van der Waals surface area contributed by atoms with Gasteiger partial charge in [-0.05, 0) is 12.8 Å². The van der Waals surface area contributed by atoms with E-state index in [4.69, 9.17) is 0 Å². The van der Waals surface area contributed by atoms with Gasteiger partial charge < -0.3 is 5.32 Å². The summed E-state index contributed by atoms with van der Waals surface area (Å²) >= 11 is 0. The predicted molar refractivity (Wildman–Crippen MR) is 38.2 cm³/mol. The molecule has 2 heteroatoms. The van der Waals surface area contributed by atoms with Gasteiger partial charge in [0.1, 0.15) is 0 Å². The highest BCUT2D eigenvalue weighted by molar-refractivity contribution is 5.73. The van der Waals surface area contributed by atoms with E-state index in [1.54, 1.807) is 6.92 Å². The average Bonchev–Trinajstić information content (AvgIpc) is 2.55. The number of hydrogen-bond donors (Lipinski definition) is 1. The van der Waals surface area contributed by atoms with Gasteiger partial charge in [0.05, 0.1) is 0 Å². The highest BCUT2D eigenvalue weighted by atomic mass is 16.1. The molecular formula is C7H15NO. The van der Waals surface area contributed by atoms with Crippen LogP contribution in [0.5, 0.6) is 0 Å². The van der Waals surface area contributed by atoms with Crippen molar-refractivity contribution in [1.82, 2.24) is 5.32 Å². The number of carbonyl (C=O) groups is 1. The van der Waals surface area contributed by atoms with Gasteiger partial charge in [-0.1, -0.05) is 13.8 Å². The summed E-state index contributed by atoms with van der Waals surface area (Å²) in [6, 6.07) is 0.525. The van der Waals surface area contributed by atoms with Crippen molar-refractivity contribution >= 4 is 5.91 Å². The van der Waals surface area contributed by atoms with Gasteiger partial charge in [-0.3, -0.25) is 4.79 Å². The second-order valence-corrected chi connectivity index (χ2v) is 1.97. The Morgan fingerprint density at radius 2 is 1.89 bits per heavy atom. The zero-order valence-corrected chi connectivity index (χ0v) is 6.40. The molecule has 2 nitrogen and oxygen atoms in total. The standard InChI is InChI=1S/C5H9NO.C2H6/c1-4(7)6-5-2-3-5;1-2/h5H,2-3H2,1H3,(H,6,7);1-2H3. The Bertz CT molecular complexity index is 86.9. The lowest BCUT2D eigenvalue weighted by Crippen LogP contribution is -2.21. The second kappa shape index (κ2) is 4.36. The third-order valence-corrected chi connectivity index (χ3v) is 0.985. The molecule has 0 unspecified atom stereocenters. The first-order chi connectivity index (χ1) is 4.29. The topological polar surface area (TPSA) is 29.1 Å². The van der Waals surface area contributed by atoms with Gasteiger partial charge in [0.15, 0.2) is 0 Å². The number of hydrogen-bond acceptors (Lipinski definition) is 1. The molecule has 0 saturated heterocycles. The number of amides is 1. The first kappa shape index (κ1) is 8.47. The van der Waals surface area contributed by atoms with Crippen molar-refractivity contribution in [3.8, 4) is 0 Å². The summed E-state index contributed by atoms with van der Waals surface area (Å²) in [6.45, 7) is 5.55. The maximum Gasteiger partial charge on any atom is 0.217 e. The molecule has 1 rings (SSSR count). The molecule has 0 radical (unpaired) electrons. The summed E-state index contributed by atoms with van der Waals surface area (Å²) in [7, 11) is 0. The van der Waals surface area contributed by atoms with Crippen LogP contribution >= 0.6 is 0 Å². The molecule has 9 heavy (non-hydrogen) atoms. The maximum absolute atomic E-state index is 10.2. The summed E-state index contributed by atoms with van der Waals surface area (Å²) in [5, 5.41) is 2.78. The van der Waals surface area contributed by atoms with E-state index in [9.17, 15) is 4.79 Å². The molecule has 0 aromatic carbocycles. The molecule has 1 aliphatic rings. The van der Waals surface area contributed by atoms with Crippen LogP contribution in [0.3, 0.4) is 0 Å². The van der Waals surface area contributed by atoms with Crippen LogP contribution in [-0.2, 0) is 4.79 Å². The van der Waals surface area contributed by atoms with Crippen molar-refractivity contribution < 1.29 is 4.79 Å². The second-order valence-electron chi connectivity index (χ2n) is 1.97. The minimum atomic E-state index is 0.0995. The number of rotatable bonds is 1. The summed E-state index contributed by atoms with van der Waals surface area (Å²) in [5.74, 6) is 0.0995. The van der Waals surface area contributed by atoms with E-state index in [2.05, 4.69) is 5.32 Å². The highest BCUT2D eigenvalue weighted by Crippen LogP contribution is 2.17. The van der Waals surface area contributed by atoms with Crippen LogP contribution in [0.2, 0.25) is 0 Å². The lowest BCUT2D eigenvalue weighted by atomic mass is 10.6. The molecule has 0 aromatic rings. The van der Waals surface area contributed by atoms with Crippen LogP contribution in [0.4, 0.5) is 0 Å². The van der Waals surface area contributed by atoms with Crippen LogP contribution in [0.15, 0.2) is 0 Å². The molecule has 0 aliphatic heterocycles. The molecule has 1 fully saturated rings. The van der Waals surface area contributed by atoms with Crippen LogP contribution in [-0.4, -0.2) is 11.9 Å². The van der Waals surface area contributed by atoms with Crippen molar-refractivity contribution in [2.75, 3.05) is 0 Å². The van der Waals surface area contributed by atoms with Crippen LogP contribution < -0.4 is 5.32 Å². The van der Waals surface area contributed by atoms with Crippen molar-refractivity contribution in [2.24, 2.45) is 0 Å². The lowest BCUT2D eigenvalue weighted by Gasteiger charge is -1.91. The molecule has 1 aliphatic carbocycles. The van der Waals surface area contributed by atoms with Gasteiger partial charge in [-0.2, -0.15) is 0 Å². The lowest BCUT2D eigenvalue weighted by molar-refractivity contribution is -0.119. The Morgan fingerprint density at radius 1 is 1.44 bits per heavy atom. The first-order valence-corrected chi connectivity index (χ1v) is 3.56. The van der Waals surface area contributed by atoms with E-state index in [0.717, 1.165) is 0 Å². The summed E-state index contributed by atoms with van der Waals surface area (Å²) in [6.07, 6.45) is 2.36. The molecule has 0 heterocycles. The SMILES string of the molecule is CC.CC(=O)NC1CC1. The fourth-order valence-electron chi connectivity index (χ4n) is 0.515. The van der Waals surface area contributed by atoms with Gasteiger partial charge in [0.25, 0.3) is 0 Å². The van der Waals surface area contributed by atoms with E-state index in [0.29, 0.717) is 6.04 Å². The fraction of sp³-hybridized carbons (Fsp3) is 0.857. The zero-order chi connectivity index (χ0) is 7.28. The Morgan fingerprint density at radius 3 is 2.00 bits per heavy atom. The highest BCUT2D eigenvalue weighted by Gasteiger charge is 2.21. The third kappa shape index (κ3) is 5.34. The Hall–Kier alpha value is -0.530. The monoisotopic (exact) mass is 129 g/mol. The molecule has 54 valence electrons. The van der Waals surface area contributed by atoms with Gasteiger partial charge in [-0.25, -0.2) is 0 Å². The van der Waals surface area contributed by atoms with E-state index in [1.807, 2.05) is 13.8 Å². The number of nitrogens with one attached hydrogen (secondary N) is 1. The Labute approximate surface area is 56.6 Å². The zero-order valence-electron chi connectivity index (χ0n) is 6.40. The van der Waals surface area contributed by atoms with E-state index in [-0.39, 0.29) is 5.91 Å². The summed E-state index contributed by atoms with van der Waals surface area (Å²) in [4.78, 5) is 10.2. The van der Waals surface area contributed by atoms with Gasteiger partial charge in [-0.15, -0.1) is 0 Å². The van der Waals surface area contributed by atoms with Crippen molar-refractivity contribution in [3.05, 3.63) is 0 Å². The molecule has 0 atom stereocenters. The molecule has 0 aromatic heterocycles. The molecular weight excluding hydrogens is 114 g/mol. The van der Waals surface area contributed by atoms with E-state index in [1.165, 1.54) is 12.8 Å². The Kier molecular flexibility index (Phi) is 4.10. The summed E-state index contributed by atoms with van der Waals surface area (Å²) in [5.41, 5.74) is 0. The molecule has 1 N–H and O–H groups in total. The maximum atomic E-state index is 10.2. The van der Waals surface area contributed by atoms with Crippen LogP contribution in [0, 0.1) is 0 Å². The molecule has 0 spiro atoms. The van der Waals surface area contributed by atoms with E-state index < -0.39 is 0 Å². The number of carbonyl (C=O) groups excluding carboxylic acids is 1. The normalized spacial score (nSPS) is 15.4. The van der Waals surface area contributed by atoms with E-state index >= 15 is 0 Å².